The molecule has 0 atom stereocenters. The standard InChI is InChI=1S/C14H18N2O3/c1-14(2,3)19-13(18)16-8-7-10-5-4-6-11(12(10)16)15-9-17/h4-6,9H,7-8H2,1-3H3,(H,15,17). The number of rotatable bonds is 2. The van der Waals surface area contributed by atoms with Crippen LogP contribution in [0.4, 0.5) is 16.2 Å². The van der Waals surface area contributed by atoms with Crippen molar-refractivity contribution in [2.45, 2.75) is 32.8 Å². The number of para-hydroxylation sites is 1. The maximum Gasteiger partial charge on any atom is 0.414 e. The van der Waals surface area contributed by atoms with Crippen molar-refractivity contribution < 1.29 is 14.3 Å². The topological polar surface area (TPSA) is 58.6 Å². The number of carbonyl (C=O) groups is 2. The molecule has 0 fully saturated rings. The Morgan fingerprint density at radius 1 is 1.42 bits per heavy atom. The zero-order valence-electron chi connectivity index (χ0n) is 11.4. The molecule has 0 spiro atoms. The number of nitrogens with zero attached hydrogens (tertiary/aromatic N) is 1. The summed E-state index contributed by atoms with van der Waals surface area (Å²) in [7, 11) is 0. The largest absolute Gasteiger partial charge is 0.443 e. The summed E-state index contributed by atoms with van der Waals surface area (Å²) in [5.74, 6) is 0. The van der Waals surface area contributed by atoms with Crippen LogP contribution in [0.5, 0.6) is 0 Å². The Labute approximate surface area is 112 Å². The van der Waals surface area contributed by atoms with Gasteiger partial charge in [0.2, 0.25) is 6.41 Å². The van der Waals surface area contributed by atoms with Crippen molar-refractivity contribution in [1.29, 1.82) is 0 Å². The van der Waals surface area contributed by atoms with Crippen LogP contribution in [0.25, 0.3) is 0 Å². The molecule has 0 unspecified atom stereocenters. The Morgan fingerprint density at radius 2 is 2.16 bits per heavy atom. The molecule has 1 aromatic rings. The summed E-state index contributed by atoms with van der Waals surface area (Å²) in [5, 5.41) is 2.63. The molecule has 1 heterocycles. The highest BCUT2D eigenvalue weighted by Gasteiger charge is 2.30. The molecule has 0 aliphatic carbocycles. The first-order valence-electron chi connectivity index (χ1n) is 6.25. The van der Waals surface area contributed by atoms with E-state index in [1.54, 1.807) is 11.0 Å². The molecule has 2 amide bonds. The van der Waals surface area contributed by atoms with E-state index in [0.717, 1.165) is 17.7 Å². The molecule has 0 saturated carbocycles. The number of carbonyl (C=O) groups excluding carboxylic acids is 2. The lowest BCUT2D eigenvalue weighted by molar-refractivity contribution is -0.105. The van der Waals surface area contributed by atoms with Crippen LogP contribution in [0.1, 0.15) is 26.3 Å². The van der Waals surface area contributed by atoms with E-state index >= 15 is 0 Å². The molecular weight excluding hydrogens is 244 g/mol. The Kier molecular flexibility index (Phi) is 3.46. The first-order valence-corrected chi connectivity index (χ1v) is 6.25. The predicted molar refractivity (Wildman–Crippen MR) is 73.4 cm³/mol. The molecule has 0 bridgehead atoms. The first kappa shape index (κ1) is 13.4. The van der Waals surface area contributed by atoms with E-state index in [1.807, 2.05) is 32.9 Å². The summed E-state index contributed by atoms with van der Waals surface area (Å²) in [5.41, 5.74) is 1.88. The van der Waals surface area contributed by atoms with Gasteiger partial charge in [0.15, 0.2) is 0 Å². The number of ether oxygens (including phenoxy) is 1. The fraction of sp³-hybridized carbons (Fsp3) is 0.429. The molecule has 19 heavy (non-hydrogen) atoms. The summed E-state index contributed by atoms with van der Waals surface area (Å²) >= 11 is 0. The highest BCUT2D eigenvalue weighted by molar-refractivity contribution is 5.97. The normalized spacial score (nSPS) is 13.9. The molecule has 1 aliphatic heterocycles. The van der Waals surface area contributed by atoms with Crippen molar-refractivity contribution in [3.8, 4) is 0 Å². The second-order valence-corrected chi connectivity index (χ2v) is 5.46. The minimum Gasteiger partial charge on any atom is -0.443 e. The molecule has 2 rings (SSSR count). The van der Waals surface area contributed by atoms with Gasteiger partial charge in [-0.25, -0.2) is 4.79 Å². The minimum atomic E-state index is -0.535. The van der Waals surface area contributed by atoms with Crippen LogP contribution in [0.15, 0.2) is 18.2 Å². The van der Waals surface area contributed by atoms with Gasteiger partial charge in [-0.15, -0.1) is 0 Å². The molecule has 5 nitrogen and oxygen atoms in total. The molecular formula is C14H18N2O3. The van der Waals surface area contributed by atoms with Crippen LogP contribution in [0.2, 0.25) is 0 Å². The average molecular weight is 262 g/mol. The Balaban J connectivity index is 2.30. The Bertz CT molecular complexity index is 506. The third kappa shape index (κ3) is 2.86. The van der Waals surface area contributed by atoms with Crippen molar-refractivity contribution in [2.24, 2.45) is 0 Å². The van der Waals surface area contributed by atoms with Gasteiger partial charge in [-0.3, -0.25) is 9.69 Å². The van der Waals surface area contributed by atoms with E-state index < -0.39 is 5.60 Å². The minimum absolute atomic E-state index is 0.383. The second kappa shape index (κ2) is 4.91. The van der Waals surface area contributed by atoms with Crippen LogP contribution in [0, 0.1) is 0 Å². The van der Waals surface area contributed by atoms with Gasteiger partial charge in [0.1, 0.15) is 5.60 Å². The van der Waals surface area contributed by atoms with Gasteiger partial charge in [-0.2, -0.15) is 0 Å². The summed E-state index contributed by atoms with van der Waals surface area (Å²) < 4.78 is 5.38. The highest BCUT2D eigenvalue weighted by Crippen LogP contribution is 2.36. The molecule has 1 aliphatic rings. The van der Waals surface area contributed by atoms with Crippen molar-refractivity contribution in [1.82, 2.24) is 0 Å². The molecule has 1 N–H and O–H groups in total. The van der Waals surface area contributed by atoms with Gasteiger partial charge in [0.25, 0.3) is 0 Å². The lowest BCUT2D eigenvalue weighted by atomic mass is 10.1. The van der Waals surface area contributed by atoms with Gasteiger partial charge in [0, 0.05) is 6.54 Å². The molecule has 5 heteroatoms. The molecule has 0 radical (unpaired) electrons. The number of benzene rings is 1. The van der Waals surface area contributed by atoms with E-state index in [0.29, 0.717) is 18.6 Å². The van der Waals surface area contributed by atoms with Crippen LogP contribution in [0.3, 0.4) is 0 Å². The van der Waals surface area contributed by atoms with E-state index in [4.69, 9.17) is 4.74 Å². The van der Waals surface area contributed by atoms with Gasteiger partial charge in [-0.05, 0) is 38.8 Å². The van der Waals surface area contributed by atoms with Crippen LogP contribution < -0.4 is 10.2 Å². The molecule has 1 aromatic carbocycles. The Morgan fingerprint density at radius 3 is 2.79 bits per heavy atom. The quantitative estimate of drug-likeness (QED) is 0.833. The van der Waals surface area contributed by atoms with E-state index in [2.05, 4.69) is 5.32 Å². The van der Waals surface area contributed by atoms with E-state index in [9.17, 15) is 9.59 Å². The lowest BCUT2D eigenvalue weighted by Gasteiger charge is -2.25. The number of amides is 2. The summed E-state index contributed by atoms with van der Waals surface area (Å²) in [6.45, 7) is 6.06. The van der Waals surface area contributed by atoms with Gasteiger partial charge in [-0.1, -0.05) is 12.1 Å². The van der Waals surface area contributed by atoms with Crippen molar-refractivity contribution in [3.05, 3.63) is 23.8 Å². The van der Waals surface area contributed by atoms with Crippen LogP contribution in [-0.4, -0.2) is 24.6 Å². The van der Waals surface area contributed by atoms with Crippen molar-refractivity contribution in [2.75, 3.05) is 16.8 Å². The summed E-state index contributed by atoms with van der Waals surface area (Å²) in [6, 6.07) is 5.59. The third-order valence-electron chi connectivity index (χ3n) is 2.82. The maximum atomic E-state index is 12.2. The fourth-order valence-electron chi connectivity index (χ4n) is 2.14. The van der Waals surface area contributed by atoms with Gasteiger partial charge >= 0.3 is 6.09 Å². The van der Waals surface area contributed by atoms with Gasteiger partial charge < -0.3 is 10.1 Å². The number of nitrogens with one attached hydrogen (secondary N) is 1. The molecule has 102 valence electrons. The lowest BCUT2D eigenvalue weighted by Crippen LogP contribution is -2.36. The zero-order valence-corrected chi connectivity index (χ0v) is 11.4. The zero-order chi connectivity index (χ0) is 14.0. The highest BCUT2D eigenvalue weighted by atomic mass is 16.6. The molecule has 0 aromatic heterocycles. The number of fused-ring (bicyclic) bond motifs is 1. The monoisotopic (exact) mass is 262 g/mol. The third-order valence-corrected chi connectivity index (χ3v) is 2.82. The maximum absolute atomic E-state index is 12.2. The van der Waals surface area contributed by atoms with E-state index in [1.165, 1.54) is 0 Å². The van der Waals surface area contributed by atoms with Crippen molar-refractivity contribution in [3.63, 3.8) is 0 Å². The average Bonchev–Trinajstić information content (AvgIpc) is 2.72. The predicted octanol–water partition coefficient (Wildman–Crippen LogP) is 2.55. The van der Waals surface area contributed by atoms with Gasteiger partial charge in [0.05, 0.1) is 11.4 Å². The first-order chi connectivity index (χ1) is 8.92. The smallest absolute Gasteiger partial charge is 0.414 e. The van der Waals surface area contributed by atoms with E-state index in [-0.39, 0.29) is 6.09 Å². The van der Waals surface area contributed by atoms with Crippen molar-refractivity contribution >= 4 is 23.9 Å². The Hall–Kier alpha value is -2.04. The summed E-state index contributed by atoms with van der Waals surface area (Å²) in [6.07, 6.45) is 0.996. The van der Waals surface area contributed by atoms with Crippen LogP contribution >= 0.6 is 0 Å². The number of hydrogen-bond donors (Lipinski definition) is 1. The second-order valence-electron chi connectivity index (χ2n) is 5.46. The number of hydrogen-bond acceptors (Lipinski definition) is 3. The summed E-state index contributed by atoms with van der Waals surface area (Å²) in [4.78, 5) is 24.4. The molecule has 0 saturated heterocycles. The number of anilines is 2. The van der Waals surface area contributed by atoms with Crippen LogP contribution in [-0.2, 0) is 16.0 Å². The fourth-order valence-corrected chi connectivity index (χ4v) is 2.14. The SMILES string of the molecule is CC(C)(C)OC(=O)N1CCc2cccc(NC=O)c21.